The summed E-state index contributed by atoms with van der Waals surface area (Å²) in [6.07, 6.45) is -0.244. The van der Waals surface area contributed by atoms with E-state index in [-0.39, 0.29) is 12.2 Å². The second kappa shape index (κ2) is 8.09. The standard InChI is InChI=1S/C18H17F3N4O2S/c1-11-14(23-6-2-3-16(11)27-10-18(19,20)21)9-28-17-24-13-7-12(8-26)4-5-15(13)25(17)22/h2,4-8H,3,9-10,22H2,1H3. The van der Waals surface area contributed by atoms with Crippen molar-refractivity contribution in [2.75, 3.05) is 18.2 Å². The van der Waals surface area contributed by atoms with Gasteiger partial charge in [0, 0.05) is 29.5 Å². The number of benzene rings is 1. The number of aldehydes is 1. The van der Waals surface area contributed by atoms with Crippen molar-refractivity contribution in [1.29, 1.82) is 0 Å². The maximum absolute atomic E-state index is 12.5. The third-order valence-electron chi connectivity index (χ3n) is 4.06. The SMILES string of the molecule is CC1=C(OCC(F)(F)F)CC=CN=C1CSc1nc2cc(C=O)ccc2n1N. The minimum Gasteiger partial charge on any atom is -0.488 e. The number of ether oxygens (including phenoxy) is 1. The first-order chi connectivity index (χ1) is 13.3. The Morgan fingerprint density at radius 3 is 2.89 bits per heavy atom. The van der Waals surface area contributed by atoms with Crippen molar-refractivity contribution in [3.05, 3.63) is 47.4 Å². The molecule has 0 atom stereocenters. The van der Waals surface area contributed by atoms with Crippen molar-refractivity contribution in [3.63, 3.8) is 0 Å². The van der Waals surface area contributed by atoms with Gasteiger partial charge in [0.1, 0.15) is 12.0 Å². The van der Waals surface area contributed by atoms with Gasteiger partial charge < -0.3 is 10.6 Å². The molecule has 1 aromatic carbocycles. The molecule has 1 aliphatic heterocycles. The van der Waals surface area contributed by atoms with E-state index in [1.54, 1.807) is 37.4 Å². The highest BCUT2D eigenvalue weighted by Crippen LogP contribution is 2.26. The number of alkyl halides is 3. The fourth-order valence-corrected chi connectivity index (χ4v) is 3.55. The van der Waals surface area contributed by atoms with Gasteiger partial charge in [-0.2, -0.15) is 13.2 Å². The van der Waals surface area contributed by atoms with Crippen molar-refractivity contribution in [2.24, 2.45) is 4.99 Å². The summed E-state index contributed by atoms with van der Waals surface area (Å²) in [5, 5.41) is 0.500. The van der Waals surface area contributed by atoms with Crippen LogP contribution in [0.25, 0.3) is 11.0 Å². The number of nitrogens with zero attached hydrogens (tertiary/aromatic N) is 3. The summed E-state index contributed by atoms with van der Waals surface area (Å²) in [6.45, 7) is 0.339. The Bertz CT molecular complexity index is 993. The van der Waals surface area contributed by atoms with Crippen LogP contribution in [-0.2, 0) is 4.74 Å². The van der Waals surface area contributed by atoms with Crippen molar-refractivity contribution >= 4 is 34.8 Å². The molecule has 148 valence electrons. The second-order valence-electron chi connectivity index (χ2n) is 6.04. The van der Waals surface area contributed by atoms with Crippen molar-refractivity contribution in [2.45, 2.75) is 24.7 Å². The third-order valence-corrected chi connectivity index (χ3v) is 5.02. The second-order valence-corrected chi connectivity index (χ2v) is 6.98. The van der Waals surface area contributed by atoms with E-state index in [1.807, 2.05) is 0 Å². The first-order valence-electron chi connectivity index (χ1n) is 8.25. The van der Waals surface area contributed by atoms with Crippen molar-refractivity contribution in [3.8, 4) is 0 Å². The lowest BCUT2D eigenvalue weighted by molar-refractivity contribution is -0.165. The van der Waals surface area contributed by atoms with Crippen LogP contribution in [0.15, 0.2) is 52.0 Å². The van der Waals surface area contributed by atoms with Gasteiger partial charge in [-0.25, -0.2) is 9.66 Å². The highest BCUT2D eigenvalue weighted by atomic mass is 32.2. The summed E-state index contributed by atoms with van der Waals surface area (Å²) < 4.78 is 43.7. The molecule has 2 aromatic rings. The highest BCUT2D eigenvalue weighted by Gasteiger charge is 2.29. The maximum Gasteiger partial charge on any atom is 0.422 e. The Hall–Kier alpha value is -2.75. The molecule has 1 aromatic heterocycles. The minimum atomic E-state index is -4.40. The molecular formula is C18H17F3N4O2S. The van der Waals surface area contributed by atoms with E-state index < -0.39 is 12.8 Å². The number of imidazole rings is 1. The molecule has 28 heavy (non-hydrogen) atoms. The van der Waals surface area contributed by atoms with Crippen LogP contribution in [0.3, 0.4) is 0 Å². The normalized spacial score (nSPS) is 14.9. The predicted molar refractivity (Wildman–Crippen MR) is 102 cm³/mol. The summed E-state index contributed by atoms with van der Waals surface area (Å²) in [6, 6.07) is 4.98. The van der Waals surface area contributed by atoms with Gasteiger partial charge in [-0.3, -0.25) is 9.79 Å². The third kappa shape index (κ3) is 4.56. The number of nitrogen functional groups attached to an aromatic ring is 1. The molecule has 0 unspecified atom stereocenters. The van der Waals surface area contributed by atoms with E-state index in [4.69, 9.17) is 10.6 Å². The quantitative estimate of drug-likeness (QED) is 0.444. The van der Waals surface area contributed by atoms with Gasteiger partial charge >= 0.3 is 6.18 Å². The molecule has 0 fully saturated rings. The monoisotopic (exact) mass is 410 g/mol. The van der Waals surface area contributed by atoms with Crippen LogP contribution in [0.1, 0.15) is 23.7 Å². The number of carbonyl (C=O) groups excluding carboxylic acids is 1. The number of nitrogens with two attached hydrogens (primary N) is 1. The van der Waals surface area contributed by atoms with Crippen LogP contribution >= 0.6 is 11.8 Å². The van der Waals surface area contributed by atoms with Gasteiger partial charge in [0.2, 0.25) is 0 Å². The number of aromatic nitrogens is 2. The summed E-state index contributed by atoms with van der Waals surface area (Å²) in [7, 11) is 0. The van der Waals surface area contributed by atoms with E-state index in [9.17, 15) is 18.0 Å². The number of rotatable bonds is 6. The number of allylic oxidation sites excluding steroid dienone is 2. The Morgan fingerprint density at radius 1 is 1.39 bits per heavy atom. The first kappa shape index (κ1) is 20.0. The van der Waals surface area contributed by atoms with Crippen molar-refractivity contribution < 1.29 is 22.7 Å². The number of carbonyl (C=O) groups is 1. The number of hydrogen-bond donors (Lipinski definition) is 1. The average molecular weight is 410 g/mol. The molecule has 0 amide bonds. The molecule has 6 nitrogen and oxygen atoms in total. The lowest BCUT2D eigenvalue weighted by atomic mass is 10.1. The topological polar surface area (TPSA) is 82.5 Å². The summed E-state index contributed by atoms with van der Waals surface area (Å²) in [4.78, 5) is 19.6. The zero-order valence-electron chi connectivity index (χ0n) is 14.9. The fourth-order valence-electron chi connectivity index (χ4n) is 2.60. The van der Waals surface area contributed by atoms with Crippen LogP contribution in [0, 0.1) is 0 Å². The Kier molecular flexibility index (Phi) is 5.78. The predicted octanol–water partition coefficient (Wildman–Crippen LogP) is 3.87. The van der Waals surface area contributed by atoms with Gasteiger partial charge in [-0.15, -0.1) is 0 Å². The molecule has 0 bridgehead atoms. The van der Waals surface area contributed by atoms with Gasteiger partial charge in [0.15, 0.2) is 11.8 Å². The zero-order chi connectivity index (χ0) is 20.3. The summed E-state index contributed by atoms with van der Waals surface area (Å²) >= 11 is 1.29. The number of thioether (sulfide) groups is 1. The van der Waals surface area contributed by atoms with Crippen LogP contribution in [0.4, 0.5) is 13.2 Å². The molecule has 10 heteroatoms. The molecule has 0 spiro atoms. The molecule has 0 radical (unpaired) electrons. The number of hydrogen-bond acceptors (Lipinski definition) is 6. The Morgan fingerprint density at radius 2 is 2.18 bits per heavy atom. The lowest BCUT2D eigenvalue weighted by Crippen LogP contribution is -2.18. The average Bonchev–Trinajstić information content (AvgIpc) is 2.85. The summed E-state index contributed by atoms with van der Waals surface area (Å²) in [5.41, 5.74) is 2.88. The molecule has 2 heterocycles. The van der Waals surface area contributed by atoms with Gasteiger partial charge in [-0.05, 0) is 25.1 Å². The van der Waals surface area contributed by atoms with Crippen molar-refractivity contribution in [1.82, 2.24) is 9.66 Å². The largest absolute Gasteiger partial charge is 0.488 e. The molecule has 0 saturated heterocycles. The minimum absolute atomic E-state index is 0.238. The van der Waals surface area contributed by atoms with E-state index in [0.29, 0.717) is 38.8 Å². The lowest BCUT2D eigenvalue weighted by Gasteiger charge is -2.14. The number of fused-ring (bicyclic) bond motifs is 1. The highest BCUT2D eigenvalue weighted by molar-refractivity contribution is 7.99. The van der Waals surface area contributed by atoms with E-state index >= 15 is 0 Å². The summed E-state index contributed by atoms with van der Waals surface area (Å²) in [5.74, 6) is 6.65. The smallest absolute Gasteiger partial charge is 0.422 e. The zero-order valence-corrected chi connectivity index (χ0v) is 15.7. The number of halogens is 3. The molecule has 0 saturated carbocycles. The van der Waals surface area contributed by atoms with Crippen LogP contribution < -0.4 is 5.84 Å². The molecule has 1 aliphatic rings. The van der Waals surface area contributed by atoms with Gasteiger partial charge in [0.25, 0.3) is 0 Å². The Labute approximate surface area is 162 Å². The van der Waals surface area contributed by atoms with E-state index in [0.717, 1.165) is 6.29 Å². The molecule has 3 rings (SSSR count). The molecular weight excluding hydrogens is 393 g/mol. The molecule has 2 N–H and O–H groups in total. The fraction of sp³-hybridized carbons (Fsp3) is 0.278. The van der Waals surface area contributed by atoms with Gasteiger partial charge in [0.05, 0.1) is 16.7 Å². The van der Waals surface area contributed by atoms with Crippen LogP contribution in [0.5, 0.6) is 0 Å². The van der Waals surface area contributed by atoms with E-state index in [1.165, 1.54) is 16.4 Å². The van der Waals surface area contributed by atoms with Crippen LogP contribution in [0.2, 0.25) is 0 Å². The number of aliphatic imine (C=N–C) groups is 1. The van der Waals surface area contributed by atoms with Crippen LogP contribution in [-0.4, -0.2) is 40.2 Å². The maximum atomic E-state index is 12.5. The first-order valence-corrected chi connectivity index (χ1v) is 9.24. The van der Waals surface area contributed by atoms with Gasteiger partial charge in [-0.1, -0.05) is 17.8 Å². The van der Waals surface area contributed by atoms with E-state index in [2.05, 4.69) is 9.98 Å². The Balaban J connectivity index is 1.78. The molecule has 0 aliphatic carbocycles.